The Labute approximate surface area is 127 Å². The quantitative estimate of drug-likeness (QED) is 0.823. The molecule has 0 radical (unpaired) electrons. The van der Waals surface area contributed by atoms with Crippen molar-refractivity contribution in [1.82, 2.24) is 5.32 Å². The Morgan fingerprint density at radius 3 is 2.80 bits per heavy atom. The predicted octanol–water partition coefficient (Wildman–Crippen LogP) is 3.95. The van der Waals surface area contributed by atoms with Crippen molar-refractivity contribution in [2.45, 2.75) is 46.1 Å². The Bertz CT molecular complexity index is 473. The van der Waals surface area contributed by atoms with Crippen LogP contribution < -0.4 is 15.4 Å². The zero-order valence-electron chi connectivity index (χ0n) is 12.5. The van der Waals surface area contributed by atoms with Crippen LogP contribution in [0.2, 0.25) is 0 Å². The van der Waals surface area contributed by atoms with E-state index in [1.807, 2.05) is 31.2 Å². The van der Waals surface area contributed by atoms with E-state index in [1.54, 1.807) is 0 Å². The molecule has 1 aromatic carbocycles. The highest BCUT2D eigenvalue weighted by atomic mass is 32.1. The molecule has 0 aliphatic heterocycles. The van der Waals surface area contributed by atoms with Crippen LogP contribution in [0.15, 0.2) is 24.3 Å². The molecule has 110 valence electrons. The van der Waals surface area contributed by atoms with E-state index in [0.717, 1.165) is 11.4 Å². The number of hydrogen-bond acceptors (Lipinski definition) is 2. The number of benzene rings is 1. The molecule has 1 atom stereocenters. The molecule has 1 aliphatic carbocycles. The number of nitrogens with one attached hydrogen (secondary N) is 2. The molecule has 1 fully saturated rings. The van der Waals surface area contributed by atoms with Gasteiger partial charge in [0.05, 0.1) is 12.3 Å². The summed E-state index contributed by atoms with van der Waals surface area (Å²) in [4.78, 5) is 0. The summed E-state index contributed by atoms with van der Waals surface area (Å²) in [6.07, 6.45) is 3.60. The molecular weight excluding hydrogens is 268 g/mol. The SMILES string of the molecule is CCOc1ccccc1NC(=S)NC1CCC(C)(C)C1. The largest absolute Gasteiger partial charge is 0.492 e. The van der Waals surface area contributed by atoms with Gasteiger partial charge in [0.1, 0.15) is 5.75 Å². The first-order valence-corrected chi connectivity index (χ1v) is 7.70. The maximum Gasteiger partial charge on any atom is 0.171 e. The number of para-hydroxylation sites is 2. The molecule has 0 spiro atoms. The minimum atomic E-state index is 0.427. The maximum absolute atomic E-state index is 5.59. The van der Waals surface area contributed by atoms with Crippen LogP contribution >= 0.6 is 12.2 Å². The van der Waals surface area contributed by atoms with E-state index in [9.17, 15) is 0 Å². The third-order valence-corrected chi connectivity index (χ3v) is 3.96. The van der Waals surface area contributed by atoms with Crippen LogP contribution in [0.1, 0.15) is 40.0 Å². The van der Waals surface area contributed by atoms with E-state index in [-0.39, 0.29) is 0 Å². The van der Waals surface area contributed by atoms with Crippen LogP contribution in [0.4, 0.5) is 5.69 Å². The van der Waals surface area contributed by atoms with Crippen molar-refractivity contribution < 1.29 is 4.74 Å². The fraction of sp³-hybridized carbons (Fsp3) is 0.562. The minimum absolute atomic E-state index is 0.427. The van der Waals surface area contributed by atoms with Gasteiger partial charge in [0.25, 0.3) is 0 Å². The van der Waals surface area contributed by atoms with Gasteiger partial charge in [-0.3, -0.25) is 0 Å². The van der Waals surface area contributed by atoms with Gasteiger partial charge >= 0.3 is 0 Å². The summed E-state index contributed by atoms with van der Waals surface area (Å²) in [7, 11) is 0. The van der Waals surface area contributed by atoms with Crippen molar-refractivity contribution in [1.29, 1.82) is 0 Å². The van der Waals surface area contributed by atoms with Crippen LogP contribution in [0.5, 0.6) is 5.75 Å². The highest BCUT2D eigenvalue weighted by molar-refractivity contribution is 7.80. The minimum Gasteiger partial charge on any atom is -0.492 e. The monoisotopic (exact) mass is 292 g/mol. The molecule has 2 rings (SSSR count). The standard InChI is InChI=1S/C16H24N2OS/c1-4-19-14-8-6-5-7-13(14)18-15(20)17-12-9-10-16(2,3)11-12/h5-8,12H,4,9-11H2,1-3H3,(H2,17,18,20). The van der Waals surface area contributed by atoms with Gasteiger partial charge in [-0.2, -0.15) is 0 Å². The first-order valence-electron chi connectivity index (χ1n) is 7.29. The summed E-state index contributed by atoms with van der Waals surface area (Å²) in [5.74, 6) is 0.839. The summed E-state index contributed by atoms with van der Waals surface area (Å²) >= 11 is 5.41. The summed E-state index contributed by atoms with van der Waals surface area (Å²) < 4.78 is 5.59. The van der Waals surface area contributed by atoms with Crippen molar-refractivity contribution >= 4 is 23.0 Å². The summed E-state index contributed by atoms with van der Waals surface area (Å²) in [6.45, 7) is 7.26. The zero-order chi connectivity index (χ0) is 14.6. The highest BCUT2D eigenvalue weighted by Gasteiger charge is 2.31. The normalized spacial score (nSPS) is 20.4. The lowest BCUT2D eigenvalue weighted by Crippen LogP contribution is -2.36. The number of ether oxygens (including phenoxy) is 1. The number of anilines is 1. The van der Waals surface area contributed by atoms with Crippen LogP contribution in [0.25, 0.3) is 0 Å². The molecule has 4 heteroatoms. The zero-order valence-corrected chi connectivity index (χ0v) is 13.3. The Morgan fingerprint density at radius 1 is 1.40 bits per heavy atom. The third kappa shape index (κ3) is 4.10. The van der Waals surface area contributed by atoms with Crippen molar-refractivity contribution in [2.75, 3.05) is 11.9 Å². The Balaban J connectivity index is 1.92. The number of hydrogen-bond donors (Lipinski definition) is 2. The van der Waals surface area contributed by atoms with Gasteiger partial charge in [0.15, 0.2) is 5.11 Å². The Kier molecular flexibility index (Phi) is 4.86. The molecule has 2 N–H and O–H groups in total. The van der Waals surface area contributed by atoms with Gasteiger partial charge in [-0.1, -0.05) is 26.0 Å². The van der Waals surface area contributed by atoms with Gasteiger partial charge in [0.2, 0.25) is 0 Å². The van der Waals surface area contributed by atoms with E-state index >= 15 is 0 Å². The molecule has 1 aromatic rings. The molecule has 0 amide bonds. The molecule has 1 aliphatic rings. The van der Waals surface area contributed by atoms with E-state index < -0.39 is 0 Å². The van der Waals surface area contributed by atoms with Crippen LogP contribution in [0.3, 0.4) is 0 Å². The maximum atomic E-state index is 5.59. The fourth-order valence-electron chi connectivity index (χ4n) is 2.75. The molecule has 1 unspecified atom stereocenters. The molecule has 0 heterocycles. The first-order chi connectivity index (χ1) is 9.50. The van der Waals surface area contributed by atoms with Gasteiger partial charge in [-0.05, 0) is 56.0 Å². The van der Waals surface area contributed by atoms with Crippen LogP contribution in [0, 0.1) is 5.41 Å². The lowest BCUT2D eigenvalue weighted by Gasteiger charge is -2.20. The average Bonchev–Trinajstić information content (AvgIpc) is 2.71. The second kappa shape index (κ2) is 6.44. The molecule has 1 saturated carbocycles. The lowest BCUT2D eigenvalue weighted by molar-refractivity contribution is 0.342. The smallest absolute Gasteiger partial charge is 0.171 e. The molecule has 0 saturated heterocycles. The predicted molar refractivity (Wildman–Crippen MR) is 88.4 cm³/mol. The molecule has 20 heavy (non-hydrogen) atoms. The summed E-state index contributed by atoms with van der Waals surface area (Å²) in [5.41, 5.74) is 1.35. The van der Waals surface area contributed by atoms with Gasteiger partial charge in [-0.15, -0.1) is 0 Å². The van der Waals surface area contributed by atoms with Crippen molar-refractivity contribution in [3.05, 3.63) is 24.3 Å². The molecule has 0 aromatic heterocycles. The fourth-order valence-corrected chi connectivity index (χ4v) is 3.03. The topological polar surface area (TPSA) is 33.3 Å². The first kappa shape index (κ1) is 15.1. The third-order valence-electron chi connectivity index (χ3n) is 3.74. The van der Waals surface area contributed by atoms with E-state index in [0.29, 0.717) is 23.2 Å². The second-order valence-corrected chi connectivity index (χ2v) is 6.54. The van der Waals surface area contributed by atoms with Crippen molar-refractivity contribution in [2.24, 2.45) is 5.41 Å². The average molecular weight is 292 g/mol. The highest BCUT2D eigenvalue weighted by Crippen LogP contribution is 2.37. The number of thiocarbonyl (C=S) groups is 1. The molecule has 3 nitrogen and oxygen atoms in total. The Morgan fingerprint density at radius 2 is 2.15 bits per heavy atom. The van der Waals surface area contributed by atoms with Crippen LogP contribution in [-0.4, -0.2) is 17.8 Å². The second-order valence-electron chi connectivity index (χ2n) is 6.13. The van der Waals surface area contributed by atoms with E-state index in [2.05, 4.69) is 24.5 Å². The Hall–Kier alpha value is -1.29. The van der Waals surface area contributed by atoms with Crippen LogP contribution in [-0.2, 0) is 0 Å². The summed E-state index contributed by atoms with van der Waals surface area (Å²) in [6, 6.07) is 8.35. The molecule has 0 bridgehead atoms. The van der Waals surface area contributed by atoms with Gasteiger partial charge in [0, 0.05) is 6.04 Å². The van der Waals surface area contributed by atoms with Crippen molar-refractivity contribution in [3.8, 4) is 5.75 Å². The lowest BCUT2D eigenvalue weighted by atomic mass is 9.92. The molecular formula is C16H24N2OS. The number of rotatable bonds is 4. The van der Waals surface area contributed by atoms with Gasteiger partial charge < -0.3 is 15.4 Å². The van der Waals surface area contributed by atoms with Crippen molar-refractivity contribution in [3.63, 3.8) is 0 Å². The van der Waals surface area contributed by atoms with Gasteiger partial charge in [-0.25, -0.2) is 0 Å². The summed E-state index contributed by atoms with van der Waals surface area (Å²) in [5, 5.41) is 7.34. The van der Waals surface area contributed by atoms with E-state index in [1.165, 1.54) is 19.3 Å². The van der Waals surface area contributed by atoms with E-state index in [4.69, 9.17) is 17.0 Å².